The van der Waals surface area contributed by atoms with Gasteiger partial charge in [-0.3, -0.25) is 0 Å². The van der Waals surface area contributed by atoms with Crippen molar-refractivity contribution in [3.8, 4) is 0 Å². The van der Waals surface area contributed by atoms with Crippen LogP contribution in [0.5, 0.6) is 0 Å². The summed E-state index contributed by atoms with van der Waals surface area (Å²) in [6.07, 6.45) is 6.74. The lowest BCUT2D eigenvalue weighted by Crippen LogP contribution is -2.44. The highest BCUT2D eigenvalue weighted by Gasteiger charge is 2.32. The second kappa shape index (κ2) is 5.28. The molecule has 15 heavy (non-hydrogen) atoms. The van der Waals surface area contributed by atoms with Gasteiger partial charge in [0.05, 0.1) is 0 Å². The van der Waals surface area contributed by atoms with Crippen LogP contribution in [0.2, 0.25) is 0 Å². The predicted molar refractivity (Wildman–Crippen MR) is 63.9 cm³/mol. The van der Waals surface area contributed by atoms with E-state index in [1.165, 1.54) is 45.3 Å². The monoisotopic (exact) mass is 211 g/mol. The maximum absolute atomic E-state index is 5.53. The second-order valence-electron chi connectivity index (χ2n) is 5.11. The predicted octanol–water partition coefficient (Wildman–Crippen LogP) is 0.894. The van der Waals surface area contributed by atoms with Gasteiger partial charge in [-0.05, 0) is 65.3 Å². The summed E-state index contributed by atoms with van der Waals surface area (Å²) >= 11 is 0. The molecule has 3 nitrogen and oxygen atoms in total. The number of likely N-dealkylation sites (tertiary alicyclic amines) is 1. The zero-order valence-corrected chi connectivity index (χ0v) is 9.99. The molecule has 1 heterocycles. The Morgan fingerprint density at radius 1 is 1.13 bits per heavy atom. The zero-order valence-electron chi connectivity index (χ0n) is 9.99. The number of hydrogen-bond donors (Lipinski definition) is 1. The van der Waals surface area contributed by atoms with E-state index in [1.807, 2.05) is 0 Å². The van der Waals surface area contributed by atoms with Crippen LogP contribution in [0.25, 0.3) is 0 Å². The summed E-state index contributed by atoms with van der Waals surface area (Å²) < 4.78 is 0. The minimum Gasteiger partial charge on any atom is -0.330 e. The van der Waals surface area contributed by atoms with E-state index in [9.17, 15) is 0 Å². The highest BCUT2D eigenvalue weighted by molar-refractivity contribution is 4.88. The van der Waals surface area contributed by atoms with Crippen LogP contribution in [-0.2, 0) is 0 Å². The zero-order chi connectivity index (χ0) is 10.7. The summed E-state index contributed by atoms with van der Waals surface area (Å²) in [4.78, 5) is 5.20. The van der Waals surface area contributed by atoms with Crippen molar-refractivity contribution in [3.05, 3.63) is 0 Å². The fraction of sp³-hybridized carbons (Fsp3) is 1.00. The third kappa shape index (κ3) is 3.16. The maximum atomic E-state index is 5.53. The Morgan fingerprint density at radius 2 is 1.73 bits per heavy atom. The van der Waals surface area contributed by atoms with Gasteiger partial charge >= 0.3 is 0 Å². The molecule has 0 amide bonds. The van der Waals surface area contributed by atoms with E-state index < -0.39 is 0 Å². The summed E-state index contributed by atoms with van der Waals surface area (Å²) in [7, 11) is 2.32. The van der Waals surface area contributed by atoms with Gasteiger partial charge in [-0.25, -0.2) is 0 Å². The molecule has 0 spiro atoms. The molecule has 0 atom stereocenters. The average molecular weight is 211 g/mol. The largest absolute Gasteiger partial charge is 0.330 e. The molecule has 1 aliphatic heterocycles. The molecule has 0 aromatic rings. The van der Waals surface area contributed by atoms with E-state index in [0.717, 1.165) is 25.0 Å². The summed E-state index contributed by atoms with van der Waals surface area (Å²) in [6, 6.07) is 1.78. The third-order valence-electron chi connectivity index (χ3n) is 3.93. The van der Waals surface area contributed by atoms with Gasteiger partial charge < -0.3 is 15.5 Å². The van der Waals surface area contributed by atoms with Crippen LogP contribution in [0.3, 0.4) is 0 Å². The van der Waals surface area contributed by atoms with Gasteiger partial charge in [0.15, 0.2) is 0 Å². The van der Waals surface area contributed by atoms with Crippen molar-refractivity contribution in [1.29, 1.82) is 0 Å². The molecular weight excluding hydrogens is 186 g/mol. The molecular formula is C12H25N3. The van der Waals surface area contributed by atoms with Gasteiger partial charge in [0, 0.05) is 12.1 Å². The standard InChI is InChI=1S/C12H25N3/c1-14(11-3-4-11)12-5-9-15(10-6-12)8-2-7-13/h11-12H,2-10,13H2,1H3. The average Bonchev–Trinajstić information content (AvgIpc) is 3.10. The molecule has 2 N–H and O–H groups in total. The van der Waals surface area contributed by atoms with E-state index in [0.29, 0.717) is 0 Å². The van der Waals surface area contributed by atoms with Crippen molar-refractivity contribution in [2.24, 2.45) is 5.73 Å². The fourth-order valence-corrected chi connectivity index (χ4v) is 2.65. The lowest BCUT2D eigenvalue weighted by molar-refractivity contribution is 0.122. The lowest BCUT2D eigenvalue weighted by Gasteiger charge is -2.36. The third-order valence-corrected chi connectivity index (χ3v) is 3.93. The maximum Gasteiger partial charge on any atom is 0.0119 e. The van der Waals surface area contributed by atoms with Gasteiger partial charge in [-0.2, -0.15) is 0 Å². The van der Waals surface area contributed by atoms with Crippen LogP contribution < -0.4 is 5.73 Å². The van der Waals surface area contributed by atoms with Crippen LogP contribution in [0.4, 0.5) is 0 Å². The molecule has 0 radical (unpaired) electrons. The molecule has 0 aromatic heterocycles. The molecule has 0 bridgehead atoms. The highest BCUT2D eigenvalue weighted by atomic mass is 15.2. The summed E-state index contributed by atoms with van der Waals surface area (Å²) in [6.45, 7) is 4.60. The van der Waals surface area contributed by atoms with Crippen LogP contribution in [0, 0.1) is 0 Å². The first-order valence-electron chi connectivity index (χ1n) is 6.45. The van der Waals surface area contributed by atoms with Gasteiger partial charge in [0.2, 0.25) is 0 Å². The van der Waals surface area contributed by atoms with Gasteiger partial charge in [-0.15, -0.1) is 0 Å². The minimum absolute atomic E-state index is 0.835. The highest BCUT2D eigenvalue weighted by Crippen LogP contribution is 2.30. The summed E-state index contributed by atoms with van der Waals surface area (Å²) in [5.74, 6) is 0. The first kappa shape index (κ1) is 11.4. The van der Waals surface area contributed by atoms with Crippen molar-refractivity contribution >= 4 is 0 Å². The molecule has 0 aromatic carbocycles. The molecule has 3 heteroatoms. The molecule has 0 unspecified atom stereocenters. The smallest absolute Gasteiger partial charge is 0.0119 e. The molecule has 1 saturated carbocycles. The Balaban J connectivity index is 1.67. The Labute approximate surface area is 93.6 Å². The van der Waals surface area contributed by atoms with E-state index in [1.54, 1.807) is 0 Å². The molecule has 88 valence electrons. The van der Waals surface area contributed by atoms with Crippen molar-refractivity contribution in [2.75, 3.05) is 33.2 Å². The van der Waals surface area contributed by atoms with E-state index in [4.69, 9.17) is 5.73 Å². The number of nitrogens with two attached hydrogens (primary N) is 1. The molecule has 2 rings (SSSR count). The molecule has 2 fully saturated rings. The SMILES string of the molecule is CN(C1CC1)C1CCN(CCCN)CC1. The number of rotatable bonds is 5. The Hall–Kier alpha value is -0.120. The topological polar surface area (TPSA) is 32.5 Å². The van der Waals surface area contributed by atoms with Crippen LogP contribution in [0.1, 0.15) is 32.1 Å². The fourth-order valence-electron chi connectivity index (χ4n) is 2.65. The van der Waals surface area contributed by atoms with Crippen LogP contribution >= 0.6 is 0 Å². The number of piperidine rings is 1. The minimum atomic E-state index is 0.835. The van der Waals surface area contributed by atoms with Crippen molar-refractivity contribution in [3.63, 3.8) is 0 Å². The Kier molecular flexibility index (Phi) is 4.00. The second-order valence-corrected chi connectivity index (χ2v) is 5.11. The quantitative estimate of drug-likeness (QED) is 0.733. The summed E-state index contributed by atoms with van der Waals surface area (Å²) in [5.41, 5.74) is 5.53. The molecule has 1 saturated heterocycles. The van der Waals surface area contributed by atoms with Crippen LogP contribution in [0.15, 0.2) is 0 Å². The first-order valence-corrected chi connectivity index (χ1v) is 6.45. The van der Waals surface area contributed by atoms with E-state index in [-0.39, 0.29) is 0 Å². The lowest BCUT2D eigenvalue weighted by atomic mass is 10.0. The van der Waals surface area contributed by atoms with E-state index in [2.05, 4.69) is 16.8 Å². The Morgan fingerprint density at radius 3 is 2.27 bits per heavy atom. The number of hydrogen-bond acceptors (Lipinski definition) is 3. The van der Waals surface area contributed by atoms with Crippen molar-refractivity contribution in [2.45, 2.75) is 44.2 Å². The van der Waals surface area contributed by atoms with Gasteiger partial charge in [0.1, 0.15) is 0 Å². The summed E-state index contributed by atoms with van der Waals surface area (Å²) in [5, 5.41) is 0. The molecule has 2 aliphatic rings. The Bertz CT molecular complexity index is 183. The normalized spacial score (nSPS) is 25.0. The van der Waals surface area contributed by atoms with E-state index >= 15 is 0 Å². The number of nitrogens with zero attached hydrogens (tertiary/aromatic N) is 2. The van der Waals surface area contributed by atoms with Crippen molar-refractivity contribution in [1.82, 2.24) is 9.80 Å². The molecule has 1 aliphatic carbocycles. The van der Waals surface area contributed by atoms with Gasteiger partial charge in [0.25, 0.3) is 0 Å². The van der Waals surface area contributed by atoms with Crippen LogP contribution in [-0.4, -0.2) is 55.1 Å². The van der Waals surface area contributed by atoms with Gasteiger partial charge in [-0.1, -0.05) is 0 Å². The van der Waals surface area contributed by atoms with Crippen molar-refractivity contribution < 1.29 is 0 Å². The first-order chi connectivity index (χ1) is 7.31.